The van der Waals surface area contributed by atoms with E-state index in [1.807, 2.05) is 18.2 Å². The Kier molecular flexibility index (Phi) is 3.35. The van der Waals surface area contributed by atoms with Crippen LogP contribution in [0.15, 0.2) is 18.2 Å². The van der Waals surface area contributed by atoms with Crippen molar-refractivity contribution in [2.45, 2.75) is 18.9 Å². The Labute approximate surface area is 124 Å². The van der Waals surface area contributed by atoms with Crippen LogP contribution in [0.5, 0.6) is 0 Å². The zero-order valence-electron chi connectivity index (χ0n) is 10.7. The molecule has 0 saturated carbocycles. The van der Waals surface area contributed by atoms with Gasteiger partial charge in [-0.25, -0.2) is 4.98 Å². The van der Waals surface area contributed by atoms with Crippen molar-refractivity contribution in [1.29, 1.82) is 0 Å². The zero-order valence-corrected chi connectivity index (χ0v) is 12.3. The van der Waals surface area contributed by atoms with Gasteiger partial charge >= 0.3 is 0 Å². The lowest BCUT2D eigenvalue weighted by Gasteiger charge is -2.27. The van der Waals surface area contributed by atoms with Gasteiger partial charge in [0, 0.05) is 13.5 Å². The number of nitrogens with one attached hydrogen (secondary N) is 1. The number of hydrogen-bond donors (Lipinski definition) is 1. The minimum atomic E-state index is -0.406. The molecule has 0 aliphatic carbocycles. The Morgan fingerprint density at radius 1 is 1.45 bits per heavy atom. The van der Waals surface area contributed by atoms with Gasteiger partial charge < -0.3 is 5.32 Å². The zero-order chi connectivity index (χ0) is 14.3. The van der Waals surface area contributed by atoms with Crippen molar-refractivity contribution in [2.75, 3.05) is 12.4 Å². The minimum absolute atomic E-state index is 0.139. The summed E-state index contributed by atoms with van der Waals surface area (Å²) in [5.74, 6) is -0.355. The SMILES string of the molecule is CN1C(=O)CCC(Nc2nc3cccc(Cl)c3s2)C1=O. The predicted molar refractivity (Wildman–Crippen MR) is 79.1 cm³/mol. The molecule has 0 bridgehead atoms. The van der Waals surface area contributed by atoms with Gasteiger partial charge in [-0.3, -0.25) is 14.5 Å². The lowest BCUT2D eigenvalue weighted by Crippen LogP contribution is -2.48. The Balaban J connectivity index is 1.84. The van der Waals surface area contributed by atoms with E-state index < -0.39 is 6.04 Å². The first-order chi connectivity index (χ1) is 9.56. The molecule has 0 radical (unpaired) electrons. The van der Waals surface area contributed by atoms with E-state index in [2.05, 4.69) is 10.3 Å². The molecular formula is C13H12ClN3O2S. The number of carbonyl (C=O) groups excluding carboxylic acids is 2. The Morgan fingerprint density at radius 2 is 2.25 bits per heavy atom. The molecule has 2 amide bonds. The highest BCUT2D eigenvalue weighted by atomic mass is 35.5. The number of rotatable bonds is 2. The van der Waals surface area contributed by atoms with Gasteiger partial charge in [-0.15, -0.1) is 0 Å². The summed E-state index contributed by atoms with van der Waals surface area (Å²) in [6.07, 6.45) is 0.858. The van der Waals surface area contributed by atoms with Crippen molar-refractivity contribution in [2.24, 2.45) is 0 Å². The van der Waals surface area contributed by atoms with Crippen LogP contribution in [0.3, 0.4) is 0 Å². The number of likely N-dealkylation sites (tertiary alicyclic amines) is 1. The number of imide groups is 1. The molecule has 1 aliphatic heterocycles. The maximum absolute atomic E-state index is 12.0. The molecule has 1 unspecified atom stereocenters. The van der Waals surface area contributed by atoms with Crippen LogP contribution < -0.4 is 5.32 Å². The average Bonchev–Trinajstić information content (AvgIpc) is 2.84. The van der Waals surface area contributed by atoms with Gasteiger partial charge in [-0.2, -0.15) is 0 Å². The second-order valence-corrected chi connectivity index (χ2v) is 6.04. The first kappa shape index (κ1) is 13.3. The number of halogens is 1. The summed E-state index contributed by atoms with van der Waals surface area (Å²) in [5, 5.41) is 4.40. The smallest absolute Gasteiger partial charge is 0.251 e. The van der Waals surface area contributed by atoms with Gasteiger partial charge in [-0.05, 0) is 18.6 Å². The number of amides is 2. The third-order valence-electron chi connectivity index (χ3n) is 3.31. The number of carbonyl (C=O) groups is 2. The van der Waals surface area contributed by atoms with Gasteiger partial charge in [0.15, 0.2) is 5.13 Å². The molecular weight excluding hydrogens is 298 g/mol. The van der Waals surface area contributed by atoms with Crippen molar-refractivity contribution in [3.8, 4) is 0 Å². The van der Waals surface area contributed by atoms with Crippen LogP contribution in [0.2, 0.25) is 5.02 Å². The third-order valence-corrected chi connectivity index (χ3v) is 4.78. The monoisotopic (exact) mass is 309 g/mol. The molecule has 1 atom stereocenters. The Hall–Kier alpha value is -1.66. The number of anilines is 1. The van der Waals surface area contributed by atoms with Crippen LogP contribution >= 0.6 is 22.9 Å². The molecule has 1 N–H and O–H groups in total. The fraction of sp³-hybridized carbons (Fsp3) is 0.308. The van der Waals surface area contributed by atoms with E-state index in [0.29, 0.717) is 23.0 Å². The Morgan fingerprint density at radius 3 is 3.00 bits per heavy atom. The minimum Gasteiger partial charge on any atom is -0.350 e. The molecule has 1 aliphatic rings. The Bertz CT molecular complexity index is 700. The molecule has 5 nitrogen and oxygen atoms in total. The summed E-state index contributed by atoms with van der Waals surface area (Å²) in [7, 11) is 1.51. The molecule has 1 fully saturated rings. The highest BCUT2D eigenvalue weighted by molar-refractivity contribution is 7.22. The molecule has 3 rings (SSSR count). The number of likely N-dealkylation sites (N-methyl/N-ethyl adjacent to an activating group) is 1. The van der Waals surface area contributed by atoms with Gasteiger partial charge in [0.25, 0.3) is 5.91 Å². The number of hydrogen-bond acceptors (Lipinski definition) is 5. The van der Waals surface area contributed by atoms with Crippen molar-refractivity contribution in [1.82, 2.24) is 9.88 Å². The molecule has 1 aromatic carbocycles. The standard InChI is InChI=1S/C13H12ClN3O2S/c1-17-10(18)6-5-9(12(17)19)16-13-15-8-4-2-3-7(14)11(8)20-13/h2-4,9H,5-6H2,1H3,(H,15,16). The lowest BCUT2D eigenvalue weighted by molar-refractivity contribution is -0.146. The first-order valence-corrected chi connectivity index (χ1v) is 7.37. The van der Waals surface area contributed by atoms with Crippen LogP contribution in [-0.4, -0.2) is 34.8 Å². The maximum Gasteiger partial charge on any atom is 0.251 e. The molecule has 20 heavy (non-hydrogen) atoms. The number of thiazole rings is 1. The summed E-state index contributed by atoms with van der Waals surface area (Å²) >= 11 is 7.52. The van der Waals surface area contributed by atoms with Crippen LogP contribution in [0.4, 0.5) is 5.13 Å². The van der Waals surface area contributed by atoms with Crippen LogP contribution in [0, 0.1) is 0 Å². The normalized spacial score (nSPS) is 19.7. The molecule has 2 aromatic rings. The van der Waals surface area contributed by atoms with Crippen molar-refractivity contribution in [3.63, 3.8) is 0 Å². The van der Waals surface area contributed by atoms with E-state index in [4.69, 9.17) is 11.6 Å². The van der Waals surface area contributed by atoms with Crippen LogP contribution in [-0.2, 0) is 9.59 Å². The topological polar surface area (TPSA) is 62.3 Å². The van der Waals surface area contributed by atoms with Gasteiger partial charge in [0.2, 0.25) is 5.91 Å². The molecule has 104 valence electrons. The van der Waals surface area contributed by atoms with Crippen molar-refractivity contribution >= 4 is 50.1 Å². The van der Waals surface area contributed by atoms with E-state index in [1.54, 1.807) is 0 Å². The fourth-order valence-electron chi connectivity index (χ4n) is 2.18. The molecule has 1 aromatic heterocycles. The highest BCUT2D eigenvalue weighted by Gasteiger charge is 2.32. The van der Waals surface area contributed by atoms with Crippen molar-refractivity contribution < 1.29 is 9.59 Å². The van der Waals surface area contributed by atoms with Crippen LogP contribution in [0.1, 0.15) is 12.8 Å². The molecule has 2 heterocycles. The van der Waals surface area contributed by atoms with Crippen LogP contribution in [0.25, 0.3) is 10.2 Å². The number of nitrogens with zero attached hydrogens (tertiary/aromatic N) is 2. The predicted octanol–water partition coefficient (Wildman–Crippen LogP) is 2.51. The third kappa shape index (κ3) is 2.25. The summed E-state index contributed by atoms with van der Waals surface area (Å²) < 4.78 is 0.893. The van der Waals surface area contributed by atoms with E-state index in [-0.39, 0.29) is 11.8 Å². The summed E-state index contributed by atoms with van der Waals surface area (Å²) in [6, 6.07) is 5.12. The molecule has 0 spiro atoms. The molecule has 7 heteroatoms. The lowest BCUT2D eigenvalue weighted by atomic mass is 10.1. The number of fused-ring (bicyclic) bond motifs is 1. The average molecular weight is 310 g/mol. The quantitative estimate of drug-likeness (QED) is 0.866. The van der Waals surface area contributed by atoms with Gasteiger partial charge in [0.05, 0.1) is 15.2 Å². The van der Waals surface area contributed by atoms with Gasteiger partial charge in [-0.1, -0.05) is 29.0 Å². The highest BCUT2D eigenvalue weighted by Crippen LogP contribution is 2.32. The van der Waals surface area contributed by atoms with E-state index >= 15 is 0 Å². The van der Waals surface area contributed by atoms with Crippen molar-refractivity contribution in [3.05, 3.63) is 23.2 Å². The second kappa shape index (κ2) is 5.03. The van der Waals surface area contributed by atoms with E-state index in [0.717, 1.165) is 10.2 Å². The van der Waals surface area contributed by atoms with E-state index in [9.17, 15) is 9.59 Å². The number of piperidine rings is 1. The van der Waals surface area contributed by atoms with Gasteiger partial charge in [0.1, 0.15) is 6.04 Å². The summed E-state index contributed by atoms with van der Waals surface area (Å²) in [4.78, 5) is 29.0. The molecule has 1 saturated heterocycles. The summed E-state index contributed by atoms with van der Waals surface area (Å²) in [6.45, 7) is 0. The fourth-order valence-corrected chi connectivity index (χ4v) is 3.38. The maximum atomic E-state index is 12.0. The number of benzene rings is 1. The largest absolute Gasteiger partial charge is 0.350 e. The van der Waals surface area contributed by atoms with E-state index in [1.165, 1.54) is 23.3 Å². The number of aromatic nitrogens is 1. The second-order valence-electron chi connectivity index (χ2n) is 4.63. The first-order valence-electron chi connectivity index (χ1n) is 6.18. The summed E-state index contributed by atoms with van der Waals surface area (Å²) in [5.41, 5.74) is 0.803.